The van der Waals surface area contributed by atoms with Crippen LogP contribution < -0.4 is 5.32 Å². The zero-order valence-corrected chi connectivity index (χ0v) is 12.6. The Bertz CT molecular complexity index is 746. The lowest BCUT2D eigenvalue weighted by Crippen LogP contribution is -1.97. The molecule has 0 atom stereocenters. The van der Waals surface area contributed by atoms with Crippen LogP contribution in [0.1, 0.15) is 11.3 Å². The van der Waals surface area contributed by atoms with Crippen molar-refractivity contribution in [1.29, 1.82) is 0 Å². The molecule has 0 unspecified atom stereocenters. The molecule has 0 fully saturated rings. The second-order valence-corrected chi connectivity index (χ2v) is 5.30. The Kier molecular flexibility index (Phi) is 3.10. The third kappa shape index (κ3) is 1.92. The number of rotatable bonds is 2. The molecule has 2 N–H and O–H groups in total. The molecular weight excluding hydrogens is 320 g/mol. The van der Waals surface area contributed by atoms with Crippen molar-refractivity contribution in [2.24, 2.45) is 12.0 Å². The van der Waals surface area contributed by atoms with Gasteiger partial charge >= 0.3 is 0 Å². The Morgan fingerprint density at radius 2 is 2.20 bits per heavy atom. The fourth-order valence-electron chi connectivity index (χ4n) is 2.20. The number of aromatic nitrogens is 2. The Hall–Kier alpha value is -2.08. The lowest BCUT2D eigenvalue weighted by atomic mass is 10.1. The first-order chi connectivity index (χ1) is 9.61. The van der Waals surface area contributed by atoms with Crippen LogP contribution in [-0.4, -0.2) is 27.9 Å². The summed E-state index contributed by atoms with van der Waals surface area (Å²) in [5.41, 5.74) is 3.36. The number of hydrogen-bond donors (Lipinski definition) is 2. The molecule has 1 aromatic heterocycles. The molecule has 0 radical (unpaired) electrons. The maximum Gasteiger partial charge on any atom is 0.220 e. The second-order valence-electron chi connectivity index (χ2n) is 4.45. The second kappa shape index (κ2) is 4.79. The van der Waals surface area contributed by atoms with E-state index in [0.717, 1.165) is 21.3 Å². The average Bonchev–Trinajstić information content (AvgIpc) is 2.97. The van der Waals surface area contributed by atoms with Gasteiger partial charge in [0.25, 0.3) is 0 Å². The summed E-state index contributed by atoms with van der Waals surface area (Å²) in [4.78, 5) is 8.70. The predicted molar refractivity (Wildman–Crippen MR) is 84.6 cm³/mol. The number of nitrogens with zero attached hydrogens (tertiary/aromatic N) is 3. The molecule has 1 aromatic carbocycles. The largest absolute Gasteiger partial charge is 0.493 e. The van der Waals surface area contributed by atoms with E-state index in [1.807, 2.05) is 24.3 Å². The minimum Gasteiger partial charge on any atom is -0.493 e. The number of aromatic hydroxyl groups is 1. The van der Waals surface area contributed by atoms with Gasteiger partial charge in [0.2, 0.25) is 11.8 Å². The van der Waals surface area contributed by atoms with Gasteiger partial charge in [0.15, 0.2) is 0 Å². The van der Waals surface area contributed by atoms with Crippen molar-refractivity contribution in [1.82, 2.24) is 9.55 Å². The summed E-state index contributed by atoms with van der Waals surface area (Å²) in [6.07, 6.45) is 3.61. The van der Waals surface area contributed by atoms with E-state index in [-0.39, 0.29) is 5.88 Å². The molecule has 0 saturated heterocycles. The van der Waals surface area contributed by atoms with E-state index < -0.39 is 0 Å². The van der Waals surface area contributed by atoms with Gasteiger partial charge in [-0.2, -0.15) is 0 Å². The number of allylic oxidation sites excluding steroid dienone is 1. The normalized spacial score (nSPS) is 14.8. The molecule has 5 nitrogen and oxygen atoms in total. The van der Waals surface area contributed by atoms with Gasteiger partial charge in [0, 0.05) is 35.9 Å². The number of benzene rings is 1. The van der Waals surface area contributed by atoms with Crippen LogP contribution in [-0.2, 0) is 7.05 Å². The lowest BCUT2D eigenvalue weighted by molar-refractivity contribution is 0.432. The summed E-state index contributed by atoms with van der Waals surface area (Å²) in [6.45, 7) is 0. The van der Waals surface area contributed by atoms with E-state index in [4.69, 9.17) is 0 Å². The van der Waals surface area contributed by atoms with Gasteiger partial charge in [0.05, 0.1) is 5.69 Å². The SMILES string of the molecule is CNc1nc(C=C2C=Nc3cccc(Br)c32)c(O)n1C. The Morgan fingerprint density at radius 3 is 2.90 bits per heavy atom. The highest BCUT2D eigenvalue weighted by molar-refractivity contribution is 9.10. The number of nitrogens with one attached hydrogen (secondary N) is 1. The third-order valence-corrected chi connectivity index (χ3v) is 3.89. The van der Waals surface area contributed by atoms with Crippen molar-refractivity contribution in [2.45, 2.75) is 0 Å². The first-order valence-electron chi connectivity index (χ1n) is 6.10. The molecule has 0 bridgehead atoms. The average molecular weight is 333 g/mol. The number of halogens is 1. The highest BCUT2D eigenvalue weighted by Crippen LogP contribution is 2.38. The van der Waals surface area contributed by atoms with Crippen molar-refractivity contribution in [3.63, 3.8) is 0 Å². The number of aliphatic imine (C=N–C) groups is 1. The van der Waals surface area contributed by atoms with E-state index in [0.29, 0.717) is 11.6 Å². The highest BCUT2D eigenvalue weighted by Gasteiger charge is 2.18. The van der Waals surface area contributed by atoms with Gasteiger partial charge in [-0.05, 0) is 18.2 Å². The molecular formula is C14H13BrN4O. The number of fused-ring (bicyclic) bond motifs is 1. The van der Waals surface area contributed by atoms with Crippen LogP contribution in [0.25, 0.3) is 11.6 Å². The van der Waals surface area contributed by atoms with Crippen molar-refractivity contribution >= 4 is 45.4 Å². The van der Waals surface area contributed by atoms with E-state index in [2.05, 4.69) is 31.2 Å². The molecule has 1 aliphatic rings. The van der Waals surface area contributed by atoms with Crippen LogP contribution in [0.3, 0.4) is 0 Å². The zero-order chi connectivity index (χ0) is 14.3. The van der Waals surface area contributed by atoms with E-state index in [1.165, 1.54) is 0 Å². The van der Waals surface area contributed by atoms with Crippen molar-refractivity contribution < 1.29 is 5.11 Å². The Labute approximate surface area is 124 Å². The third-order valence-electron chi connectivity index (χ3n) is 3.23. The summed E-state index contributed by atoms with van der Waals surface area (Å²) in [5, 5.41) is 13.0. The first-order valence-corrected chi connectivity index (χ1v) is 6.89. The molecule has 0 saturated carbocycles. The molecule has 0 spiro atoms. The van der Waals surface area contributed by atoms with Gasteiger partial charge < -0.3 is 10.4 Å². The molecule has 0 amide bonds. The van der Waals surface area contributed by atoms with Crippen LogP contribution in [0.2, 0.25) is 0 Å². The molecule has 2 aromatic rings. The zero-order valence-electron chi connectivity index (χ0n) is 11.1. The first kappa shape index (κ1) is 12.9. The van der Waals surface area contributed by atoms with Gasteiger partial charge in [-0.15, -0.1) is 0 Å². The van der Waals surface area contributed by atoms with Crippen LogP contribution in [0.5, 0.6) is 5.88 Å². The smallest absolute Gasteiger partial charge is 0.220 e. The summed E-state index contributed by atoms with van der Waals surface area (Å²) >= 11 is 3.53. The molecule has 6 heteroatoms. The minimum atomic E-state index is 0.121. The van der Waals surface area contributed by atoms with E-state index in [1.54, 1.807) is 24.9 Å². The standard InChI is InChI=1S/C14H13BrN4O/c1-16-14-18-11(13(20)19(14)2)6-8-7-17-10-5-3-4-9(15)12(8)10/h3-7,20H,1-2H3,(H,16,18). The van der Waals surface area contributed by atoms with Crippen molar-refractivity contribution in [3.8, 4) is 5.88 Å². The lowest BCUT2D eigenvalue weighted by Gasteiger charge is -2.02. The summed E-state index contributed by atoms with van der Waals surface area (Å²) in [7, 11) is 3.52. The molecule has 2 heterocycles. The number of imidazole rings is 1. The minimum absolute atomic E-state index is 0.121. The quantitative estimate of drug-likeness (QED) is 0.887. The highest BCUT2D eigenvalue weighted by atomic mass is 79.9. The number of hydrogen-bond acceptors (Lipinski definition) is 4. The molecule has 0 aliphatic carbocycles. The molecule has 1 aliphatic heterocycles. The summed E-state index contributed by atoms with van der Waals surface area (Å²) in [5.74, 6) is 0.729. The van der Waals surface area contributed by atoms with Crippen LogP contribution in [0.15, 0.2) is 27.7 Å². The fraction of sp³-hybridized carbons (Fsp3) is 0.143. The van der Waals surface area contributed by atoms with Crippen molar-refractivity contribution in [3.05, 3.63) is 33.9 Å². The van der Waals surface area contributed by atoms with Gasteiger partial charge in [0.1, 0.15) is 5.69 Å². The Balaban J connectivity index is 2.11. The molecule has 20 heavy (non-hydrogen) atoms. The summed E-state index contributed by atoms with van der Waals surface area (Å²) in [6, 6.07) is 5.87. The van der Waals surface area contributed by atoms with Crippen LogP contribution >= 0.6 is 15.9 Å². The molecule has 102 valence electrons. The van der Waals surface area contributed by atoms with E-state index in [9.17, 15) is 5.11 Å². The van der Waals surface area contributed by atoms with Gasteiger partial charge in [-0.1, -0.05) is 22.0 Å². The summed E-state index contributed by atoms with van der Waals surface area (Å²) < 4.78 is 2.57. The monoisotopic (exact) mass is 332 g/mol. The maximum atomic E-state index is 10.1. The maximum absolute atomic E-state index is 10.1. The number of anilines is 1. The Morgan fingerprint density at radius 1 is 1.40 bits per heavy atom. The topological polar surface area (TPSA) is 62.4 Å². The van der Waals surface area contributed by atoms with Crippen LogP contribution in [0.4, 0.5) is 11.6 Å². The fourth-order valence-corrected chi connectivity index (χ4v) is 2.78. The van der Waals surface area contributed by atoms with Gasteiger partial charge in [-0.25, -0.2) is 4.98 Å². The predicted octanol–water partition coefficient (Wildman–Crippen LogP) is 3.19. The van der Waals surface area contributed by atoms with E-state index >= 15 is 0 Å². The van der Waals surface area contributed by atoms with Crippen LogP contribution in [0, 0.1) is 0 Å². The molecule has 3 rings (SSSR count). The van der Waals surface area contributed by atoms with Gasteiger partial charge in [-0.3, -0.25) is 9.56 Å². The van der Waals surface area contributed by atoms with Crippen molar-refractivity contribution in [2.75, 3.05) is 12.4 Å².